The summed E-state index contributed by atoms with van der Waals surface area (Å²) < 4.78 is 7.19. The van der Waals surface area contributed by atoms with Crippen molar-refractivity contribution in [2.45, 2.75) is 18.5 Å². The molecule has 1 amide bonds. The molecule has 9 heteroatoms. The van der Waals surface area contributed by atoms with Gasteiger partial charge in [-0.1, -0.05) is 11.6 Å². The lowest BCUT2D eigenvalue weighted by molar-refractivity contribution is 0.102. The first-order valence-electron chi connectivity index (χ1n) is 9.19. The summed E-state index contributed by atoms with van der Waals surface area (Å²) in [5.41, 5.74) is 7.64. The van der Waals surface area contributed by atoms with Crippen LogP contribution in [0.15, 0.2) is 48.9 Å². The van der Waals surface area contributed by atoms with Crippen molar-refractivity contribution in [3.05, 3.63) is 65.1 Å². The molecule has 2 unspecified atom stereocenters. The quantitative estimate of drug-likeness (QED) is 0.574. The molecule has 3 heterocycles. The Morgan fingerprint density at radius 1 is 1.45 bits per heavy atom. The summed E-state index contributed by atoms with van der Waals surface area (Å²) in [6, 6.07) is 9.03. The van der Waals surface area contributed by atoms with E-state index in [4.69, 9.17) is 22.1 Å². The van der Waals surface area contributed by atoms with Gasteiger partial charge in [0.25, 0.3) is 5.91 Å². The van der Waals surface area contributed by atoms with E-state index in [1.54, 1.807) is 43.9 Å². The van der Waals surface area contributed by atoms with Crippen LogP contribution >= 0.6 is 11.6 Å². The van der Waals surface area contributed by atoms with E-state index in [0.717, 1.165) is 18.5 Å². The molecular weight excluding hydrogens is 392 g/mol. The molecule has 150 valence electrons. The Bertz CT molecular complexity index is 1030. The van der Waals surface area contributed by atoms with Crippen molar-refractivity contribution in [3.8, 4) is 5.75 Å². The Labute approximate surface area is 173 Å². The number of carbonyl (C=O) groups excluding carboxylic acids is 1. The van der Waals surface area contributed by atoms with E-state index >= 15 is 0 Å². The Morgan fingerprint density at radius 3 is 2.97 bits per heavy atom. The van der Waals surface area contributed by atoms with Crippen LogP contribution in [-0.2, 0) is 0 Å². The fourth-order valence-corrected chi connectivity index (χ4v) is 3.62. The number of nitrogens with zero attached hydrogens (tertiary/aromatic N) is 3. The van der Waals surface area contributed by atoms with Gasteiger partial charge in [0.1, 0.15) is 11.6 Å². The van der Waals surface area contributed by atoms with Crippen LogP contribution < -0.4 is 21.1 Å². The average molecular weight is 413 g/mol. The standard InChI is InChI=1S/C20H21ClN6O2/c1-29-15-8-12(7-13(21)9-15)18(17-4-6-23-17)27-11-14(10-25-27)26-20(28)16-3-2-5-24-19(16)22/h2-3,5,7-11,17-18,23H,4,6H2,1H3,(H2,22,24)(H,26,28). The predicted octanol–water partition coefficient (Wildman–Crippen LogP) is 2.73. The number of methoxy groups -OCH3 is 1. The van der Waals surface area contributed by atoms with E-state index in [9.17, 15) is 4.79 Å². The van der Waals surface area contributed by atoms with Crippen LogP contribution in [0.4, 0.5) is 11.5 Å². The summed E-state index contributed by atoms with van der Waals surface area (Å²) in [6.45, 7) is 0.948. The molecule has 4 N–H and O–H groups in total. The third-order valence-electron chi connectivity index (χ3n) is 4.94. The first-order chi connectivity index (χ1) is 14.0. The normalized spacial score (nSPS) is 16.7. The second-order valence-electron chi connectivity index (χ2n) is 6.82. The highest BCUT2D eigenvalue weighted by atomic mass is 35.5. The number of ether oxygens (including phenoxy) is 1. The molecule has 0 spiro atoms. The summed E-state index contributed by atoms with van der Waals surface area (Å²) in [6.07, 6.45) is 5.95. The maximum absolute atomic E-state index is 12.5. The van der Waals surface area contributed by atoms with Crippen molar-refractivity contribution in [3.63, 3.8) is 0 Å². The number of carbonyl (C=O) groups is 1. The predicted molar refractivity (Wildman–Crippen MR) is 111 cm³/mol. The van der Waals surface area contributed by atoms with E-state index < -0.39 is 0 Å². The summed E-state index contributed by atoms with van der Waals surface area (Å²) >= 11 is 6.28. The molecule has 0 radical (unpaired) electrons. The van der Waals surface area contributed by atoms with Crippen LogP contribution in [0.2, 0.25) is 5.02 Å². The van der Waals surface area contributed by atoms with Gasteiger partial charge in [-0.25, -0.2) is 4.98 Å². The van der Waals surface area contributed by atoms with Crippen molar-refractivity contribution in [2.24, 2.45) is 0 Å². The average Bonchev–Trinajstić information content (AvgIpc) is 3.12. The topological polar surface area (TPSA) is 107 Å². The lowest BCUT2D eigenvalue weighted by Gasteiger charge is -2.35. The Balaban J connectivity index is 1.61. The van der Waals surface area contributed by atoms with Gasteiger partial charge in [-0.05, 0) is 48.9 Å². The minimum atomic E-state index is -0.335. The Hall–Kier alpha value is -3.10. The van der Waals surface area contributed by atoms with Gasteiger partial charge in [0.15, 0.2) is 0 Å². The summed E-state index contributed by atoms with van der Waals surface area (Å²) in [5, 5.41) is 11.3. The molecular formula is C20H21ClN6O2. The van der Waals surface area contributed by atoms with Crippen LogP contribution in [-0.4, -0.2) is 40.4 Å². The van der Waals surface area contributed by atoms with Crippen molar-refractivity contribution < 1.29 is 9.53 Å². The molecule has 0 saturated carbocycles. The first-order valence-corrected chi connectivity index (χ1v) is 9.57. The van der Waals surface area contributed by atoms with Gasteiger partial charge in [0.05, 0.1) is 30.6 Å². The molecule has 3 aromatic rings. The summed E-state index contributed by atoms with van der Waals surface area (Å²) in [7, 11) is 1.61. The van der Waals surface area contributed by atoms with Crippen molar-refractivity contribution in [1.82, 2.24) is 20.1 Å². The Kier molecular flexibility index (Phi) is 5.37. The fourth-order valence-electron chi connectivity index (χ4n) is 3.39. The molecule has 0 bridgehead atoms. The number of nitrogen functional groups attached to an aromatic ring is 1. The van der Waals surface area contributed by atoms with Crippen LogP contribution in [0.5, 0.6) is 5.75 Å². The number of pyridine rings is 1. The summed E-state index contributed by atoms with van der Waals surface area (Å²) in [5.74, 6) is 0.530. The van der Waals surface area contributed by atoms with Crippen LogP contribution in [0.3, 0.4) is 0 Å². The summed E-state index contributed by atoms with van der Waals surface area (Å²) in [4.78, 5) is 16.4. The number of nitrogens with two attached hydrogens (primary N) is 1. The zero-order valence-electron chi connectivity index (χ0n) is 15.8. The van der Waals surface area contributed by atoms with E-state index in [-0.39, 0.29) is 23.8 Å². The zero-order valence-corrected chi connectivity index (χ0v) is 16.6. The van der Waals surface area contributed by atoms with Gasteiger partial charge in [-0.3, -0.25) is 9.48 Å². The molecule has 1 aliphatic heterocycles. The molecule has 4 rings (SSSR count). The monoisotopic (exact) mass is 412 g/mol. The lowest BCUT2D eigenvalue weighted by atomic mass is 9.92. The van der Waals surface area contributed by atoms with Gasteiger partial charge < -0.3 is 21.1 Å². The van der Waals surface area contributed by atoms with E-state index in [0.29, 0.717) is 22.0 Å². The molecule has 0 aliphatic carbocycles. The van der Waals surface area contributed by atoms with Gasteiger partial charge in [0.2, 0.25) is 0 Å². The van der Waals surface area contributed by atoms with Crippen LogP contribution in [0.25, 0.3) is 0 Å². The fraction of sp³-hybridized carbons (Fsp3) is 0.250. The number of hydrogen-bond donors (Lipinski definition) is 3. The molecule has 2 atom stereocenters. The van der Waals surface area contributed by atoms with E-state index in [1.165, 1.54) is 0 Å². The second kappa shape index (κ2) is 8.10. The number of amides is 1. The number of hydrogen-bond acceptors (Lipinski definition) is 6. The van der Waals surface area contributed by atoms with Gasteiger partial charge in [-0.2, -0.15) is 5.10 Å². The van der Waals surface area contributed by atoms with E-state index in [1.807, 2.05) is 16.8 Å². The minimum Gasteiger partial charge on any atom is -0.497 e. The largest absolute Gasteiger partial charge is 0.497 e. The molecule has 1 aliphatic rings. The third kappa shape index (κ3) is 4.03. The number of halogens is 1. The smallest absolute Gasteiger partial charge is 0.259 e. The lowest BCUT2D eigenvalue weighted by Crippen LogP contribution is -2.49. The van der Waals surface area contributed by atoms with Crippen molar-refractivity contribution in [1.29, 1.82) is 0 Å². The maximum atomic E-state index is 12.5. The number of nitrogens with one attached hydrogen (secondary N) is 2. The molecule has 8 nitrogen and oxygen atoms in total. The number of rotatable bonds is 6. The highest BCUT2D eigenvalue weighted by molar-refractivity contribution is 6.30. The highest BCUT2D eigenvalue weighted by Gasteiger charge is 2.31. The second-order valence-corrected chi connectivity index (χ2v) is 7.25. The SMILES string of the molecule is COc1cc(Cl)cc(C(C2CCN2)n2cc(NC(=O)c3cccnc3N)cn2)c1. The van der Waals surface area contributed by atoms with Crippen molar-refractivity contribution >= 4 is 29.0 Å². The van der Waals surface area contributed by atoms with Crippen LogP contribution in [0.1, 0.15) is 28.4 Å². The van der Waals surface area contributed by atoms with Gasteiger partial charge in [0, 0.05) is 23.5 Å². The van der Waals surface area contributed by atoms with Crippen molar-refractivity contribution in [2.75, 3.05) is 24.7 Å². The Morgan fingerprint density at radius 2 is 2.28 bits per heavy atom. The molecule has 1 saturated heterocycles. The van der Waals surface area contributed by atoms with E-state index in [2.05, 4.69) is 20.7 Å². The number of aromatic nitrogens is 3. The number of anilines is 2. The number of benzene rings is 1. The molecule has 29 heavy (non-hydrogen) atoms. The highest BCUT2D eigenvalue weighted by Crippen LogP contribution is 2.32. The third-order valence-corrected chi connectivity index (χ3v) is 5.16. The van der Waals surface area contributed by atoms with Crippen LogP contribution in [0, 0.1) is 0 Å². The molecule has 1 aromatic carbocycles. The minimum absolute atomic E-state index is 0.0922. The maximum Gasteiger partial charge on any atom is 0.259 e. The van der Waals surface area contributed by atoms with Gasteiger partial charge in [-0.15, -0.1) is 0 Å². The zero-order chi connectivity index (χ0) is 20.4. The first kappa shape index (κ1) is 19.2. The molecule has 2 aromatic heterocycles. The van der Waals surface area contributed by atoms with Gasteiger partial charge >= 0.3 is 0 Å². The molecule has 1 fully saturated rings.